The zero-order chi connectivity index (χ0) is 57.5. The van der Waals surface area contributed by atoms with Crippen LogP contribution in [0.4, 0.5) is 0 Å². The number of hydrogen-bond donors (Lipinski definition) is 0. The molecule has 7 aromatic heterocycles. The molecule has 0 atom stereocenters. The summed E-state index contributed by atoms with van der Waals surface area (Å²) in [5, 5.41) is 15.4. The molecule has 0 aliphatic rings. The summed E-state index contributed by atoms with van der Waals surface area (Å²) in [6.07, 6.45) is 0. The maximum absolute atomic E-state index is 11.8. The van der Waals surface area contributed by atoms with Crippen LogP contribution in [0.25, 0.3) is 134 Å². The first-order valence-corrected chi connectivity index (χ1v) is 27.3. The van der Waals surface area contributed by atoms with E-state index in [-0.39, 0.29) is 0 Å². The van der Waals surface area contributed by atoms with Crippen LogP contribution in [0.5, 0.6) is 0 Å². The fraction of sp³-hybridized carbons (Fsp3) is 0.119. The van der Waals surface area contributed by atoms with Crippen LogP contribution in [0.15, 0.2) is 152 Å². The molecule has 7 heterocycles. The summed E-state index contributed by atoms with van der Waals surface area (Å²) in [7, 11) is 0. The van der Waals surface area contributed by atoms with E-state index in [1.165, 1.54) is 0 Å². The lowest BCUT2D eigenvalue weighted by molar-refractivity contribution is 0.928. The number of hydrogen-bond acceptors (Lipinski definition) is 15. The molecule has 0 bridgehead atoms. The van der Waals surface area contributed by atoms with Crippen LogP contribution in [0, 0.1) is 66.7 Å². The number of nitriles is 1. The highest BCUT2D eigenvalue weighted by molar-refractivity contribution is 6.13. The Morgan fingerprint density at radius 3 is 0.964 bits per heavy atom. The fourth-order valence-electron chi connectivity index (χ4n) is 11.4. The lowest BCUT2D eigenvalue weighted by atomic mass is 10.0. The van der Waals surface area contributed by atoms with Crippen LogP contribution in [0.2, 0.25) is 0 Å². The maximum atomic E-state index is 11.8. The Bertz CT molecular complexity index is 4730. The SMILES string of the molecule is Cc1nc(C)nc(-c2ccc3c(c2)c2cc(-c4nc(C)nc(C)n4)ccc2n3-c2cc(-c3cc(-c4ccccc4)nc(-c4ccccc4)n3)c(-n3c4ccc(-c5nc(C)nc(C)n5)cc4c4cc(-c5nc(C)nc(C)n5)ccc43)cc2C#N)n1. The summed E-state index contributed by atoms with van der Waals surface area (Å²) in [5.74, 6) is 7.74. The van der Waals surface area contributed by atoms with Crippen LogP contribution in [0.1, 0.15) is 52.2 Å². The highest BCUT2D eigenvalue weighted by Crippen LogP contribution is 2.44. The Kier molecular flexibility index (Phi) is 12.2. The van der Waals surface area contributed by atoms with Gasteiger partial charge >= 0.3 is 0 Å². The molecule has 0 unspecified atom stereocenters. The average molecular weight is 1090 g/mol. The van der Waals surface area contributed by atoms with Crippen molar-refractivity contribution >= 4 is 43.6 Å². The molecule has 14 rings (SSSR count). The lowest BCUT2D eigenvalue weighted by Gasteiger charge is -2.19. The van der Waals surface area contributed by atoms with Crippen molar-refractivity contribution in [1.82, 2.24) is 78.9 Å². The zero-order valence-corrected chi connectivity index (χ0v) is 47.0. The lowest BCUT2D eigenvalue weighted by Crippen LogP contribution is -2.05. The molecule has 0 fully saturated rings. The van der Waals surface area contributed by atoms with Gasteiger partial charge in [0.2, 0.25) is 0 Å². The minimum Gasteiger partial charge on any atom is -0.309 e. The minimum absolute atomic E-state index is 0.407. The van der Waals surface area contributed by atoms with Crippen molar-refractivity contribution in [3.63, 3.8) is 0 Å². The van der Waals surface area contributed by atoms with Gasteiger partial charge in [0, 0.05) is 60.5 Å². The van der Waals surface area contributed by atoms with E-state index in [0.29, 0.717) is 98.3 Å². The van der Waals surface area contributed by atoms with Crippen LogP contribution < -0.4 is 0 Å². The van der Waals surface area contributed by atoms with E-state index < -0.39 is 0 Å². The number of benzene rings is 7. The molecule has 0 amide bonds. The number of aromatic nitrogens is 16. The Labute approximate surface area is 481 Å². The molecule has 17 heteroatoms. The van der Waals surface area contributed by atoms with E-state index >= 15 is 0 Å². The molecule has 0 spiro atoms. The molecule has 402 valence electrons. The molecule has 0 aliphatic heterocycles. The van der Waals surface area contributed by atoms with Gasteiger partial charge < -0.3 is 9.13 Å². The summed E-state index contributed by atoms with van der Waals surface area (Å²) in [6, 6.07) is 53.9. The smallest absolute Gasteiger partial charge is 0.163 e. The highest BCUT2D eigenvalue weighted by Gasteiger charge is 2.26. The predicted octanol–water partition coefficient (Wildman–Crippen LogP) is 13.4. The van der Waals surface area contributed by atoms with Crippen molar-refractivity contribution in [2.75, 3.05) is 0 Å². The number of aryl methyl sites for hydroxylation is 8. The topological polar surface area (TPSA) is 214 Å². The van der Waals surface area contributed by atoms with Gasteiger partial charge in [-0.3, -0.25) is 0 Å². The molecular weight excluding hydrogens is 1040 g/mol. The van der Waals surface area contributed by atoms with Crippen LogP contribution in [-0.2, 0) is 0 Å². The molecule has 0 aliphatic carbocycles. The van der Waals surface area contributed by atoms with Gasteiger partial charge in [-0.2, -0.15) is 5.26 Å². The van der Waals surface area contributed by atoms with Crippen molar-refractivity contribution in [2.24, 2.45) is 0 Å². The number of nitrogens with zero attached hydrogens (tertiary/aromatic N) is 17. The van der Waals surface area contributed by atoms with E-state index in [1.54, 1.807) is 0 Å². The molecule has 0 N–H and O–H groups in total. The monoisotopic (exact) mass is 1090 g/mol. The van der Waals surface area contributed by atoms with E-state index in [4.69, 9.17) is 49.8 Å². The second-order valence-electron chi connectivity index (χ2n) is 20.8. The van der Waals surface area contributed by atoms with Crippen molar-refractivity contribution in [3.05, 3.63) is 204 Å². The van der Waals surface area contributed by atoms with Gasteiger partial charge in [-0.1, -0.05) is 60.7 Å². The van der Waals surface area contributed by atoms with E-state index in [2.05, 4.69) is 102 Å². The molecular formula is C67H49N17. The van der Waals surface area contributed by atoms with Gasteiger partial charge in [0.05, 0.1) is 50.4 Å². The first-order chi connectivity index (χ1) is 40.8. The molecule has 84 heavy (non-hydrogen) atoms. The van der Waals surface area contributed by atoms with Gasteiger partial charge in [-0.05, 0) is 146 Å². The standard InChI is InChI=1S/C67H49N17/c1-35-69-36(2)74-64(73-35)45-19-23-57-50(27-45)51-28-46(65-75-37(3)70-38(4)76-65)20-24-58(51)83(57)61-32-54(56-33-55(43-15-11-9-12-16-43)81-63(82-56)44-17-13-10-14-18-44)62(31-49(61)34-68)84-59-25-21-47(66-77-39(5)71-40(6)78-66)29-52(59)53-30-48(22-26-60(53)84)67-79-41(7)72-42(8)80-67/h9-33H,1-8H3. The van der Waals surface area contributed by atoms with Gasteiger partial charge in [0.25, 0.3) is 0 Å². The quantitative estimate of drug-likeness (QED) is 0.131. The Morgan fingerprint density at radius 2 is 0.607 bits per heavy atom. The van der Waals surface area contributed by atoms with Gasteiger partial charge in [-0.25, -0.2) is 69.8 Å². The van der Waals surface area contributed by atoms with Gasteiger partial charge in [-0.15, -0.1) is 0 Å². The summed E-state index contributed by atoms with van der Waals surface area (Å²) in [4.78, 5) is 66.9. The second-order valence-corrected chi connectivity index (χ2v) is 20.8. The normalized spacial score (nSPS) is 11.6. The third-order valence-electron chi connectivity index (χ3n) is 14.8. The van der Waals surface area contributed by atoms with E-state index in [9.17, 15) is 5.26 Å². The molecule has 0 radical (unpaired) electrons. The molecule has 0 saturated carbocycles. The third kappa shape index (κ3) is 9.08. The number of rotatable bonds is 9. The Hall–Kier alpha value is -11.3. The Balaban J connectivity index is 1.10. The van der Waals surface area contributed by atoms with Crippen LogP contribution in [0.3, 0.4) is 0 Å². The van der Waals surface area contributed by atoms with Crippen LogP contribution >= 0.6 is 0 Å². The van der Waals surface area contributed by atoms with Crippen LogP contribution in [-0.4, -0.2) is 78.9 Å². The Morgan fingerprint density at radius 1 is 0.286 bits per heavy atom. The largest absolute Gasteiger partial charge is 0.309 e. The van der Waals surface area contributed by atoms with Gasteiger partial charge in [0.15, 0.2) is 29.1 Å². The van der Waals surface area contributed by atoms with Gasteiger partial charge in [0.1, 0.15) is 52.7 Å². The van der Waals surface area contributed by atoms with Crippen molar-refractivity contribution < 1.29 is 0 Å². The molecule has 7 aromatic carbocycles. The molecule has 14 aromatic rings. The number of fused-ring (bicyclic) bond motifs is 6. The maximum Gasteiger partial charge on any atom is 0.163 e. The molecule has 17 nitrogen and oxygen atoms in total. The highest BCUT2D eigenvalue weighted by atomic mass is 15.1. The molecule has 0 saturated heterocycles. The minimum atomic E-state index is 0.407. The van der Waals surface area contributed by atoms with E-state index in [1.807, 2.05) is 140 Å². The first kappa shape index (κ1) is 50.9. The third-order valence-corrected chi connectivity index (χ3v) is 14.8. The fourth-order valence-corrected chi connectivity index (χ4v) is 11.4. The summed E-state index contributed by atoms with van der Waals surface area (Å²) < 4.78 is 4.39. The van der Waals surface area contributed by atoms with Crippen molar-refractivity contribution in [2.45, 2.75) is 55.4 Å². The second kappa shape index (κ2) is 20.1. The average Bonchev–Trinajstić information content (AvgIpc) is 2.08. The van der Waals surface area contributed by atoms with Crippen molar-refractivity contribution in [3.8, 4) is 96.9 Å². The van der Waals surface area contributed by atoms with Crippen molar-refractivity contribution in [1.29, 1.82) is 5.26 Å². The summed E-state index contributed by atoms with van der Waals surface area (Å²) >= 11 is 0. The zero-order valence-electron chi connectivity index (χ0n) is 47.0. The summed E-state index contributed by atoms with van der Waals surface area (Å²) in [6.45, 7) is 15.0. The predicted molar refractivity (Wildman–Crippen MR) is 325 cm³/mol. The first-order valence-electron chi connectivity index (χ1n) is 27.3. The van der Waals surface area contributed by atoms with E-state index in [0.717, 1.165) is 88.2 Å². The summed E-state index contributed by atoms with van der Waals surface area (Å²) in [5.41, 5.74) is 12.2.